The van der Waals surface area contributed by atoms with Crippen molar-refractivity contribution in [2.75, 3.05) is 52.5 Å². The number of piperidine rings is 1. The van der Waals surface area contributed by atoms with Crippen molar-refractivity contribution in [1.82, 2.24) is 25.3 Å². The summed E-state index contributed by atoms with van der Waals surface area (Å²) in [6, 6.07) is 8.39. The summed E-state index contributed by atoms with van der Waals surface area (Å²) in [4.78, 5) is 31.1. The van der Waals surface area contributed by atoms with Crippen LogP contribution in [0.4, 0.5) is 8.78 Å². The van der Waals surface area contributed by atoms with Crippen LogP contribution in [0.5, 0.6) is 0 Å². The second-order valence-electron chi connectivity index (χ2n) is 10.4. The lowest BCUT2D eigenvalue weighted by Crippen LogP contribution is -2.61. The van der Waals surface area contributed by atoms with Crippen LogP contribution in [0.3, 0.4) is 0 Å². The fourth-order valence-corrected chi connectivity index (χ4v) is 5.43. The Kier molecular flexibility index (Phi) is 9.27. The van der Waals surface area contributed by atoms with Crippen LogP contribution in [0.1, 0.15) is 50.0 Å². The van der Waals surface area contributed by atoms with E-state index in [-0.39, 0.29) is 44.0 Å². The van der Waals surface area contributed by atoms with E-state index in [2.05, 4.69) is 15.5 Å². The lowest BCUT2D eigenvalue weighted by Gasteiger charge is -2.43. The van der Waals surface area contributed by atoms with Gasteiger partial charge in [-0.3, -0.25) is 14.9 Å². The molecule has 0 saturated carbocycles. The Bertz CT molecular complexity index is 860. The van der Waals surface area contributed by atoms with E-state index < -0.39 is 17.9 Å². The van der Waals surface area contributed by atoms with Gasteiger partial charge in [0.2, 0.25) is 18.2 Å². The van der Waals surface area contributed by atoms with Crippen LogP contribution in [-0.2, 0) is 9.59 Å². The first-order valence-electron chi connectivity index (χ1n) is 13.1. The molecule has 200 valence electrons. The molecular formula is C26H39F2N5O3. The topological polar surface area (TPSA) is 88.2 Å². The maximum Gasteiger partial charge on any atom is 0.245 e. The predicted molar refractivity (Wildman–Crippen MR) is 132 cm³/mol. The molecule has 0 aliphatic carbocycles. The van der Waals surface area contributed by atoms with Gasteiger partial charge in [0.1, 0.15) is 0 Å². The third-order valence-electron chi connectivity index (χ3n) is 7.74. The highest BCUT2D eigenvalue weighted by atomic mass is 19.3. The quantitative estimate of drug-likeness (QED) is 0.446. The first kappa shape index (κ1) is 26.9. The summed E-state index contributed by atoms with van der Waals surface area (Å²) in [5.74, 6) is -1.49. The van der Waals surface area contributed by atoms with Crippen molar-refractivity contribution < 1.29 is 23.5 Å². The molecule has 36 heavy (non-hydrogen) atoms. The van der Waals surface area contributed by atoms with Crippen molar-refractivity contribution in [3.8, 4) is 0 Å². The van der Waals surface area contributed by atoms with Crippen molar-refractivity contribution in [2.24, 2.45) is 0 Å². The zero-order valence-electron chi connectivity index (χ0n) is 20.9. The minimum Gasteiger partial charge on any atom is -0.388 e. The average Bonchev–Trinajstić information content (AvgIpc) is 3.38. The number of amides is 2. The van der Waals surface area contributed by atoms with E-state index in [1.807, 2.05) is 0 Å². The zero-order chi connectivity index (χ0) is 25.5. The van der Waals surface area contributed by atoms with Gasteiger partial charge in [0.15, 0.2) is 0 Å². The monoisotopic (exact) mass is 507 g/mol. The molecule has 3 fully saturated rings. The maximum atomic E-state index is 13.6. The summed E-state index contributed by atoms with van der Waals surface area (Å²) >= 11 is 0. The normalized spacial score (nSPS) is 23.9. The van der Waals surface area contributed by atoms with Crippen LogP contribution >= 0.6 is 0 Å². The van der Waals surface area contributed by atoms with Crippen LogP contribution in [-0.4, -0.2) is 102 Å². The molecule has 1 unspecified atom stereocenters. The van der Waals surface area contributed by atoms with Gasteiger partial charge in [-0.05, 0) is 44.3 Å². The third kappa shape index (κ3) is 7.21. The van der Waals surface area contributed by atoms with Gasteiger partial charge in [-0.25, -0.2) is 8.78 Å². The maximum absolute atomic E-state index is 13.6. The molecule has 10 heteroatoms. The third-order valence-corrected chi connectivity index (χ3v) is 7.74. The Morgan fingerprint density at radius 3 is 2.47 bits per heavy atom. The molecule has 3 aliphatic heterocycles. The number of likely N-dealkylation sites (tertiary alicyclic amines) is 2. The molecule has 0 aromatic heterocycles. The molecule has 1 aromatic rings. The van der Waals surface area contributed by atoms with Gasteiger partial charge < -0.3 is 25.1 Å². The SMILES string of the molecule is O=C(C[C@H](c1ccccc1)C(F)F)N1CCC(O)(CN2CNC(NCCN3CCCC3)CC2=O)CC1. The van der Waals surface area contributed by atoms with E-state index in [4.69, 9.17) is 0 Å². The van der Waals surface area contributed by atoms with Crippen molar-refractivity contribution in [3.63, 3.8) is 0 Å². The molecule has 0 bridgehead atoms. The van der Waals surface area contributed by atoms with Gasteiger partial charge in [0.25, 0.3) is 0 Å². The van der Waals surface area contributed by atoms with Gasteiger partial charge in [0, 0.05) is 32.6 Å². The first-order valence-corrected chi connectivity index (χ1v) is 13.1. The van der Waals surface area contributed by atoms with Gasteiger partial charge in [-0.2, -0.15) is 0 Å². The van der Waals surface area contributed by atoms with Crippen LogP contribution in [0, 0.1) is 0 Å². The summed E-state index contributed by atoms with van der Waals surface area (Å²) in [6.45, 7) is 5.24. The Balaban J connectivity index is 1.20. The smallest absolute Gasteiger partial charge is 0.245 e. The van der Waals surface area contributed by atoms with E-state index in [1.54, 1.807) is 40.1 Å². The number of nitrogens with one attached hydrogen (secondary N) is 2. The molecule has 0 radical (unpaired) electrons. The van der Waals surface area contributed by atoms with Crippen LogP contribution in [0.25, 0.3) is 0 Å². The number of rotatable bonds is 10. The molecule has 3 aliphatic rings. The number of alkyl halides is 2. The molecule has 3 saturated heterocycles. The van der Waals surface area contributed by atoms with E-state index in [0.29, 0.717) is 31.5 Å². The molecule has 2 amide bonds. The van der Waals surface area contributed by atoms with Crippen LogP contribution in [0.2, 0.25) is 0 Å². The lowest BCUT2D eigenvalue weighted by molar-refractivity contribution is -0.145. The van der Waals surface area contributed by atoms with E-state index in [9.17, 15) is 23.5 Å². The van der Waals surface area contributed by atoms with Gasteiger partial charge in [0.05, 0.1) is 37.3 Å². The Morgan fingerprint density at radius 1 is 1.14 bits per heavy atom. The molecular weight excluding hydrogens is 468 g/mol. The molecule has 3 heterocycles. The highest BCUT2D eigenvalue weighted by Crippen LogP contribution is 2.30. The Morgan fingerprint density at radius 2 is 1.83 bits per heavy atom. The van der Waals surface area contributed by atoms with Gasteiger partial charge in [-0.1, -0.05) is 30.3 Å². The molecule has 1 aromatic carbocycles. The summed E-state index contributed by atoms with van der Waals surface area (Å²) in [6.07, 6.45) is 0.500. The fraction of sp³-hybridized carbons (Fsp3) is 0.692. The summed E-state index contributed by atoms with van der Waals surface area (Å²) in [5.41, 5.74) is -0.639. The Hall–Kier alpha value is -2.14. The highest BCUT2D eigenvalue weighted by molar-refractivity contribution is 5.78. The standard InChI is InChI=1S/C26H39F2N5O3/c27-25(28)21(20-6-2-1-3-7-20)16-23(34)32-13-8-26(36,9-14-32)18-33-19-30-22(17-24(33)35)29-10-15-31-11-4-5-12-31/h1-3,6-7,21-22,25,29-30,36H,4-5,8-19H2/t21-,22?/m1/s1. The number of β-amino-alcohol motifs (C(OH)–C–C–N with tert-alkyl or cyclic N) is 1. The van der Waals surface area contributed by atoms with Gasteiger partial charge >= 0.3 is 0 Å². The van der Waals surface area contributed by atoms with Crippen LogP contribution < -0.4 is 10.6 Å². The molecule has 2 atom stereocenters. The fourth-order valence-electron chi connectivity index (χ4n) is 5.43. The van der Waals surface area contributed by atoms with Crippen LogP contribution in [0.15, 0.2) is 30.3 Å². The number of aliphatic hydroxyl groups is 1. The molecule has 0 spiro atoms. The largest absolute Gasteiger partial charge is 0.388 e. The summed E-state index contributed by atoms with van der Waals surface area (Å²) in [7, 11) is 0. The number of nitrogens with zero attached hydrogens (tertiary/aromatic N) is 3. The van der Waals surface area contributed by atoms with Crippen molar-refractivity contribution in [1.29, 1.82) is 0 Å². The number of halogens is 2. The predicted octanol–water partition coefficient (Wildman–Crippen LogP) is 1.57. The minimum atomic E-state index is -2.63. The van der Waals surface area contributed by atoms with Crippen molar-refractivity contribution >= 4 is 11.8 Å². The number of hydrogen-bond donors (Lipinski definition) is 3. The molecule has 3 N–H and O–H groups in total. The number of hydrogen-bond acceptors (Lipinski definition) is 6. The lowest BCUT2D eigenvalue weighted by atomic mass is 9.89. The van der Waals surface area contributed by atoms with E-state index in [0.717, 1.165) is 26.2 Å². The van der Waals surface area contributed by atoms with E-state index in [1.165, 1.54) is 12.8 Å². The number of carbonyl (C=O) groups is 2. The highest BCUT2D eigenvalue weighted by Gasteiger charge is 2.39. The molecule has 8 nitrogen and oxygen atoms in total. The second kappa shape index (κ2) is 12.4. The zero-order valence-corrected chi connectivity index (χ0v) is 20.9. The second-order valence-corrected chi connectivity index (χ2v) is 10.4. The average molecular weight is 508 g/mol. The van der Waals surface area contributed by atoms with Gasteiger partial charge in [-0.15, -0.1) is 0 Å². The summed E-state index contributed by atoms with van der Waals surface area (Å²) < 4.78 is 27.3. The number of benzene rings is 1. The number of carbonyl (C=O) groups excluding carboxylic acids is 2. The van der Waals surface area contributed by atoms with Crippen molar-refractivity contribution in [2.45, 2.75) is 62.6 Å². The Labute approximate surface area is 212 Å². The summed E-state index contributed by atoms with van der Waals surface area (Å²) in [5, 5.41) is 17.9. The van der Waals surface area contributed by atoms with Crippen molar-refractivity contribution in [3.05, 3.63) is 35.9 Å². The first-order chi connectivity index (χ1) is 17.3. The van der Waals surface area contributed by atoms with E-state index >= 15 is 0 Å². The minimum absolute atomic E-state index is 0.0120. The molecule has 4 rings (SSSR count).